The first-order valence-corrected chi connectivity index (χ1v) is 14.8. The lowest BCUT2D eigenvalue weighted by Crippen LogP contribution is -2.37. The minimum absolute atomic E-state index is 0.0906. The summed E-state index contributed by atoms with van der Waals surface area (Å²) in [4.78, 5) is 19.6. The Hall–Kier alpha value is -4.10. The van der Waals surface area contributed by atoms with Gasteiger partial charge in [0.25, 0.3) is 5.56 Å². The van der Waals surface area contributed by atoms with Crippen molar-refractivity contribution in [3.8, 4) is 0 Å². The third kappa shape index (κ3) is 5.86. The van der Waals surface area contributed by atoms with Crippen LogP contribution in [0.1, 0.15) is 77.8 Å². The van der Waals surface area contributed by atoms with Crippen LogP contribution in [0, 0.1) is 13.8 Å². The molecule has 2 heterocycles. The van der Waals surface area contributed by atoms with E-state index in [2.05, 4.69) is 99.1 Å². The van der Waals surface area contributed by atoms with E-state index in [-0.39, 0.29) is 11.6 Å². The van der Waals surface area contributed by atoms with E-state index in [0.717, 1.165) is 53.7 Å². The number of benzene rings is 3. The zero-order valence-corrected chi connectivity index (χ0v) is 24.0. The molecule has 0 aliphatic heterocycles. The molecule has 1 fully saturated rings. The first-order chi connectivity index (χ1) is 20.1. The molecule has 0 unspecified atom stereocenters. The third-order valence-electron chi connectivity index (χ3n) is 8.57. The molecule has 1 saturated carbocycles. The van der Waals surface area contributed by atoms with E-state index < -0.39 is 6.04 Å². The zero-order valence-electron chi connectivity index (χ0n) is 24.0. The Bertz CT molecular complexity index is 1650. The van der Waals surface area contributed by atoms with E-state index in [0.29, 0.717) is 12.1 Å². The normalized spacial score (nSPS) is 15.0. The molecule has 41 heavy (non-hydrogen) atoms. The number of aryl methyl sites for hydroxylation is 2. The minimum atomic E-state index is -0.413. The molecule has 7 heteroatoms. The predicted octanol–water partition coefficient (Wildman–Crippen LogP) is 6.47. The first kappa shape index (κ1) is 27.1. The number of pyridine rings is 1. The molecule has 0 spiro atoms. The van der Waals surface area contributed by atoms with Crippen molar-refractivity contribution in [3.05, 3.63) is 123 Å². The fraction of sp³-hybridized carbons (Fsp3) is 0.353. The summed E-state index contributed by atoms with van der Waals surface area (Å²) in [6, 6.07) is 27.1. The van der Waals surface area contributed by atoms with Crippen molar-refractivity contribution in [2.24, 2.45) is 0 Å². The number of nitrogens with zero attached hydrogens (tertiary/aromatic N) is 5. The van der Waals surface area contributed by atoms with Crippen molar-refractivity contribution in [3.63, 3.8) is 0 Å². The highest BCUT2D eigenvalue weighted by Crippen LogP contribution is 2.34. The molecule has 0 amide bonds. The number of aromatic amines is 1. The SMILES string of the molecule is Cc1ccc(C)c2[nH]c(=O)c([C@H](c3nnnn3C3CCCCC3)N(CCc3ccccc3)Cc3ccccc3)cc12. The average molecular weight is 547 g/mol. The summed E-state index contributed by atoms with van der Waals surface area (Å²) in [7, 11) is 0. The lowest BCUT2D eigenvalue weighted by atomic mass is 9.94. The molecule has 0 radical (unpaired) electrons. The number of rotatable bonds is 9. The average Bonchev–Trinajstić information content (AvgIpc) is 3.49. The van der Waals surface area contributed by atoms with Crippen LogP contribution < -0.4 is 5.56 Å². The highest BCUT2D eigenvalue weighted by molar-refractivity contribution is 5.85. The Morgan fingerprint density at radius 2 is 1.59 bits per heavy atom. The second kappa shape index (κ2) is 12.2. The molecule has 5 aromatic rings. The van der Waals surface area contributed by atoms with Crippen LogP contribution in [0.3, 0.4) is 0 Å². The van der Waals surface area contributed by atoms with Crippen LogP contribution in [0.25, 0.3) is 10.9 Å². The van der Waals surface area contributed by atoms with E-state index >= 15 is 0 Å². The number of hydrogen-bond acceptors (Lipinski definition) is 5. The van der Waals surface area contributed by atoms with Gasteiger partial charge in [-0.3, -0.25) is 9.69 Å². The smallest absolute Gasteiger partial charge is 0.253 e. The van der Waals surface area contributed by atoms with Crippen molar-refractivity contribution in [2.75, 3.05) is 6.54 Å². The van der Waals surface area contributed by atoms with Gasteiger partial charge in [0.2, 0.25) is 0 Å². The van der Waals surface area contributed by atoms with Gasteiger partial charge in [0, 0.05) is 24.0 Å². The van der Waals surface area contributed by atoms with Crippen LogP contribution in [0.2, 0.25) is 0 Å². The second-order valence-electron chi connectivity index (χ2n) is 11.4. The lowest BCUT2D eigenvalue weighted by molar-refractivity contribution is 0.197. The minimum Gasteiger partial charge on any atom is -0.321 e. The van der Waals surface area contributed by atoms with E-state index in [4.69, 9.17) is 0 Å². The molecule has 1 N–H and O–H groups in total. The highest BCUT2D eigenvalue weighted by atomic mass is 16.1. The number of aromatic nitrogens is 5. The van der Waals surface area contributed by atoms with Crippen LogP contribution in [0.5, 0.6) is 0 Å². The van der Waals surface area contributed by atoms with Gasteiger partial charge in [-0.15, -0.1) is 5.10 Å². The summed E-state index contributed by atoms with van der Waals surface area (Å²) in [5, 5.41) is 14.4. The van der Waals surface area contributed by atoms with Gasteiger partial charge in [-0.1, -0.05) is 92.1 Å². The predicted molar refractivity (Wildman–Crippen MR) is 163 cm³/mol. The molecule has 3 aromatic carbocycles. The fourth-order valence-electron chi connectivity index (χ4n) is 6.29. The summed E-state index contributed by atoms with van der Waals surface area (Å²) >= 11 is 0. The second-order valence-corrected chi connectivity index (χ2v) is 11.4. The zero-order chi connectivity index (χ0) is 28.2. The summed E-state index contributed by atoms with van der Waals surface area (Å²) in [5.74, 6) is 0.746. The molecule has 210 valence electrons. The van der Waals surface area contributed by atoms with Crippen molar-refractivity contribution in [2.45, 2.75) is 71.0 Å². The number of fused-ring (bicyclic) bond motifs is 1. The Balaban J connectivity index is 1.51. The van der Waals surface area contributed by atoms with Gasteiger partial charge in [0.15, 0.2) is 5.82 Å². The number of tetrazole rings is 1. The largest absolute Gasteiger partial charge is 0.321 e. The summed E-state index contributed by atoms with van der Waals surface area (Å²) in [5.41, 5.74) is 6.12. The van der Waals surface area contributed by atoms with Gasteiger partial charge in [0.05, 0.1) is 11.6 Å². The highest BCUT2D eigenvalue weighted by Gasteiger charge is 2.33. The fourth-order valence-corrected chi connectivity index (χ4v) is 6.29. The number of hydrogen-bond donors (Lipinski definition) is 1. The number of nitrogens with one attached hydrogen (secondary N) is 1. The molecule has 1 aliphatic carbocycles. The van der Waals surface area contributed by atoms with Gasteiger partial charge in [0.1, 0.15) is 6.04 Å². The maximum Gasteiger partial charge on any atom is 0.253 e. The molecule has 0 bridgehead atoms. The standard InChI is InChI=1S/C34H38N6O/c1-24-18-19-25(2)31-29(24)22-30(34(41)35-31)32(33-36-37-38-40(33)28-16-10-5-11-17-28)39(23-27-14-8-4-9-15-27)21-20-26-12-6-3-7-13-26/h3-4,6-9,12-15,18-19,22,28,32H,5,10-11,16-17,20-21,23H2,1-2H3,(H,35,41)/t32-/m1/s1. The summed E-state index contributed by atoms with van der Waals surface area (Å²) in [6.45, 7) is 5.55. The Kier molecular flexibility index (Phi) is 8.05. The molecule has 6 rings (SSSR count). The van der Waals surface area contributed by atoms with Crippen LogP contribution >= 0.6 is 0 Å². The maximum atomic E-state index is 14.0. The number of H-pyrrole nitrogens is 1. The lowest BCUT2D eigenvalue weighted by Gasteiger charge is -2.33. The van der Waals surface area contributed by atoms with Crippen molar-refractivity contribution >= 4 is 10.9 Å². The van der Waals surface area contributed by atoms with Crippen LogP contribution in [-0.4, -0.2) is 36.6 Å². The molecule has 2 aromatic heterocycles. The van der Waals surface area contributed by atoms with Crippen LogP contribution in [0.4, 0.5) is 0 Å². The molecular formula is C34H38N6O. The van der Waals surface area contributed by atoms with E-state index in [1.165, 1.54) is 30.4 Å². The van der Waals surface area contributed by atoms with Gasteiger partial charge >= 0.3 is 0 Å². The summed E-state index contributed by atoms with van der Waals surface area (Å²) < 4.78 is 2.02. The van der Waals surface area contributed by atoms with E-state index in [1.807, 2.05) is 23.7 Å². The topological polar surface area (TPSA) is 79.7 Å². The van der Waals surface area contributed by atoms with Crippen LogP contribution in [0.15, 0.2) is 83.7 Å². The summed E-state index contributed by atoms with van der Waals surface area (Å²) in [6.07, 6.45) is 6.55. The molecule has 1 aliphatic rings. The van der Waals surface area contributed by atoms with Crippen LogP contribution in [-0.2, 0) is 13.0 Å². The monoisotopic (exact) mass is 546 g/mol. The van der Waals surface area contributed by atoms with E-state index in [9.17, 15) is 4.79 Å². The molecular weight excluding hydrogens is 508 g/mol. The van der Waals surface area contributed by atoms with Gasteiger partial charge in [-0.25, -0.2) is 4.68 Å². The van der Waals surface area contributed by atoms with Gasteiger partial charge in [-0.2, -0.15) is 0 Å². The van der Waals surface area contributed by atoms with Gasteiger partial charge in [-0.05, 0) is 71.9 Å². The van der Waals surface area contributed by atoms with Gasteiger partial charge < -0.3 is 4.98 Å². The van der Waals surface area contributed by atoms with E-state index in [1.54, 1.807) is 0 Å². The Labute approximate surface area is 241 Å². The molecule has 7 nitrogen and oxygen atoms in total. The quantitative estimate of drug-likeness (QED) is 0.229. The maximum absolute atomic E-state index is 14.0. The van der Waals surface area contributed by atoms with Crippen molar-refractivity contribution < 1.29 is 0 Å². The van der Waals surface area contributed by atoms with Crippen molar-refractivity contribution in [1.29, 1.82) is 0 Å². The Morgan fingerprint density at radius 1 is 0.902 bits per heavy atom. The van der Waals surface area contributed by atoms with Crippen molar-refractivity contribution in [1.82, 2.24) is 30.1 Å². The first-order valence-electron chi connectivity index (χ1n) is 14.8. The molecule has 0 saturated heterocycles. The molecule has 1 atom stereocenters. The third-order valence-corrected chi connectivity index (χ3v) is 8.57. The Morgan fingerprint density at radius 3 is 2.32 bits per heavy atom.